The third kappa shape index (κ3) is 7.82. The van der Waals surface area contributed by atoms with Crippen LogP contribution in [0.25, 0.3) is 111 Å². The molecule has 15 aromatic carbocycles. The quantitative estimate of drug-likeness (QED) is 0.106. The van der Waals surface area contributed by atoms with E-state index in [4.69, 9.17) is 4.99 Å². The molecular formula is C91H61N. The second-order valence-corrected chi connectivity index (χ2v) is 25.1. The maximum Gasteiger partial charge on any atom is 0.0720 e. The zero-order valence-electron chi connectivity index (χ0n) is 51.2. The van der Waals surface area contributed by atoms with Crippen molar-refractivity contribution in [3.63, 3.8) is 0 Å². The van der Waals surface area contributed by atoms with E-state index in [1.54, 1.807) is 0 Å². The molecular weight excluding hydrogens is 1110 g/mol. The standard InChI is InChI=1S/C91H61N/c1-58-25-9-24-44-87(58)92-59(2)60-45-47-61(48-46-60)64-49-52-75-77(55-64)88(73-36-12-10-30-67(73)62-26-5-3-6-27-62)76-53-50-65(56-78(76)89(75)74-37-13-11-31-68(74)63-28-7-4-8-29-63)66-51-54-85-86(57-66)91(81-40-20-16-34-71(81)72-35-17-21-41-82(72)91)84-43-23-22-42-83(84)90(85)79-38-18-14-32-69(79)70-33-15-19-39-80(70)90/h3-57H,1-2H3. The Morgan fingerprint density at radius 1 is 0.239 bits per heavy atom. The van der Waals surface area contributed by atoms with Crippen molar-refractivity contribution >= 4 is 32.9 Å². The van der Waals surface area contributed by atoms with Crippen molar-refractivity contribution in [3.8, 4) is 89.0 Å². The van der Waals surface area contributed by atoms with E-state index in [1.165, 1.54) is 138 Å². The zero-order valence-corrected chi connectivity index (χ0v) is 51.2. The van der Waals surface area contributed by atoms with Gasteiger partial charge in [-0.15, -0.1) is 0 Å². The summed E-state index contributed by atoms with van der Waals surface area (Å²) in [6, 6.07) is 126. The molecule has 0 atom stereocenters. The normalized spacial score (nSPS) is 13.6. The summed E-state index contributed by atoms with van der Waals surface area (Å²) >= 11 is 0. The Kier molecular flexibility index (Phi) is 12.2. The van der Waals surface area contributed by atoms with E-state index in [9.17, 15) is 0 Å². The van der Waals surface area contributed by atoms with Gasteiger partial charge < -0.3 is 0 Å². The minimum Gasteiger partial charge on any atom is -0.253 e. The zero-order chi connectivity index (χ0) is 61.1. The van der Waals surface area contributed by atoms with Gasteiger partial charge in [-0.2, -0.15) is 0 Å². The molecule has 0 saturated carbocycles. The number of nitrogens with zero attached hydrogens (tertiary/aromatic N) is 1. The summed E-state index contributed by atoms with van der Waals surface area (Å²) in [7, 11) is 0. The SMILES string of the molecule is CC(=Nc1ccccc1C)c1ccc(-c2ccc3c(-c4ccccc4-c4ccccc4)c4cc(-c5ccc6c(c5)C5(c7ccccc7-c7ccccc75)c5ccccc5C65c6ccccc6-c6ccccc65)ccc4c(-c4ccccc4-c4ccccc4)c3c2)cc1. The number of hydrogen-bond donors (Lipinski definition) is 0. The lowest BCUT2D eigenvalue weighted by Gasteiger charge is -2.49. The summed E-state index contributed by atoms with van der Waals surface area (Å²) in [6.45, 7) is 4.23. The molecule has 0 unspecified atom stereocenters. The van der Waals surface area contributed by atoms with E-state index in [2.05, 4.69) is 347 Å². The van der Waals surface area contributed by atoms with Gasteiger partial charge in [0.15, 0.2) is 0 Å². The van der Waals surface area contributed by atoms with Gasteiger partial charge >= 0.3 is 0 Å². The predicted octanol–water partition coefficient (Wildman–Crippen LogP) is 23.5. The number of para-hydroxylation sites is 1. The van der Waals surface area contributed by atoms with Gasteiger partial charge in [-0.1, -0.05) is 309 Å². The maximum absolute atomic E-state index is 5.08. The highest BCUT2D eigenvalue weighted by molar-refractivity contribution is 6.24. The van der Waals surface area contributed by atoms with E-state index in [-0.39, 0.29) is 0 Å². The van der Waals surface area contributed by atoms with Crippen molar-refractivity contribution in [1.82, 2.24) is 0 Å². The third-order valence-corrected chi connectivity index (χ3v) is 20.5. The Balaban J connectivity index is 0.927. The average Bonchev–Trinajstić information content (AvgIpc) is 1.42. The van der Waals surface area contributed by atoms with Crippen molar-refractivity contribution in [1.29, 1.82) is 0 Å². The second-order valence-electron chi connectivity index (χ2n) is 25.1. The number of aliphatic imine (C=N–C) groups is 1. The Morgan fingerprint density at radius 2 is 0.576 bits per heavy atom. The first-order valence-electron chi connectivity index (χ1n) is 32.2. The van der Waals surface area contributed by atoms with Crippen LogP contribution < -0.4 is 0 Å². The third-order valence-electron chi connectivity index (χ3n) is 20.5. The topological polar surface area (TPSA) is 12.4 Å². The van der Waals surface area contributed by atoms with Crippen LogP contribution in [0.2, 0.25) is 0 Å². The molecule has 1 heteroatoms. The summed E-state index contributed by atoms with van der Waals surface area (Å²) in [4.78, 5) is 5.08. The van der Waals surface area contributed by atoms with Crippen molar-refractivity contribution in [2.45, 2.75) is 24.7 Å². The van der Waals surface area contributed by atoms with Gasteiger partial charge in [-0.3, -0.25) is 4.99 Å². The fraction of sp³-hybridized carbons (Fsp3) is 0.0440. The van der Waals surface area contributed by atoms with Crippen molar-refractivity contribution in [2.24, 2.45) is 4.99 Å². The van der Waals surface area contributed by atoms with Crippen LogP contribution >= 0.6 is 0 Å². The van der Waals surface area contributed by atoms with Gasteiger partial charge in [-0.25, -0.2) is 0 Å². The number of rotatable bonds is 8. The molecule has 2 spiro atoms. The van der Waals surface area contributed by atoms with Crippen molar-refractivity contribution in [2.75, 3.05) is 0 Å². The first-order chi connectivity index (χ1) is 45.5. The van der Waals surface area contributed by atoms with Crippen molar-refractivity contribution < 1.29 is 0 Å². The average molecular weight is 1170 g/mol. The largest absolute Gasteiger partial charge is 0.253 e. The molecule has 0 N–H and O–H groups in total. The molecule has 0 amide bonds. The molecule has 0 bridgehead atoms. The molecule has 0 aliphatic heterocycles. The highest BCUT2D eigenvalue weighted by Gasteiger charge is 2.59. The van der Waals surface area contributed by atoms with Crippen LogP contribution in [0.4, 0.5) is 5.69 Å². The maximum atomic E-state index is 5.08. The lowest BCUT2D eigenvalue weighted by Crippen LogP contribution is -2.43. The molecule has 0 aromatic heterocycles. The van der Waals surface area contributed by atoms with Crippen LogP contribution in [0.1, 0.15) is 62.6 Å². The van der Waals surface area contributed by atoms with Gasteiger partial charge in [0, 0.05) is 5.71 Å². The molecule has 3 aliphatic carbocycles. The van der Waals surface area contributed by atoms with Gasteiger partial charge in [0.25, 0.3) is 0 Å². The number of fused-ring (bicyclic) bond motifs is 18. The molecule has 1 nitrogen and oxygen atoms in total. The fourth-order valence-electron chi connectivity index (χ4n) is 16.6. The second kappa shape index (κ2) is 21.1. The van der Waals surface area contributed by atoms with Gasteiger partial charge in [-0.05, 0) is 204 Å². The molecule has 0 saturated heterocycles. The highest BCUT2D eigenvalue weighted by atomic mass is 14.7. The molecule has 18 rings (SSSR count). The summed E-state index contributed by atoms with van der Waals surface area (Å²) < 4.78 is 0. The van der Waals surface area contributed by atoms with E-state index >= 15 is 0 Å². The molecule has 92 heavy (non-hydrogen) atoms. The fourth-order valence-corrected chi connectivity index (χ4v) is 16.6. The summed E-state index contributed by atoms with van der Waals surface area (Å²) in [6.07, 6.45) is 0. The monoisotopic (exact) mass is 1170 g/mol. The van der Waals surface area contributed by atoms with E-state index in [0.29, 0.717) is 0 Å². The van der Waals surface area contributed by atoms with Crippen LogP contribution in [0, 0.1) is 6.92 Å². The first kappa shape index (κ1) is 53.5. The lowest BCUT2D eigenvalue weighted by molar-refractivity contribution is 0.633. The summed E-state index contributed by atoms with van der Waals surface area (Å²) in [5.74, 6) is 0. The molecule has 0 fully saturated rings. The van der Waals surface area contributed by atoms with E-state index < -0.39 is 10.8 Å². The number of hydrogen-bond acceptors (Lipinski definition) is 1. The van der Waals surface area contributed by atoms with Crippen molar-refractivity contribution in [3.05, 3.63) is 389 Å². The van der Waals surface area contributed by atoms with E-state index in [1.807, 2.05) is 0 Å². The Labute approximate surface area is 537 Å². The van der Waals surface area contributed by atoms with Gasteiger partial charge in [0.2, 0.25) is 0 Å². The van der Waals surface area contributed by atoms with Gasteiger partial charge in [0.1, 0.15) is 0 Å². The van der Waals surface area contributed by atoms with Crippen LogP contribution in [-0.4, -0.2) is 5.71 Å². The summed E-state index contributed by atoms with van der Waals surface area (Å²) in [5, 5.41) is 4.78. The molecule has 0 radical (unpaired) electrons. The Morgan fingerprint density at radius 3 is 1.04 bits per heavy atom. The molecule has 15 aromatic rings. The van der Waals surface area contributed by atoms with Gasteiger partial charge in [0.05, 0.1) is 16.5 Å². The Hall–Kier alpha value is -11.5. The first-order valence-corrected chi connectivity index (χ1v) is 32.2. The number of benzene rings is 15. The molecule has 3 aliphatic rings. The number of aryl methyl sites for hydroxylation is 1. The van der Waals surface area contributed by atoms with Crippen LogP contribution in [0.5, 0.6) is 0 Å². The van der Waals surface area contributed by atoms with Crippen LogP contribution in [0.15, 0.2) is 339 Å². The minimum atomic E-state index is -0.625. The summed E-state index contributed by atoms with van der Waals surface area (Å²) in [5.41, 5.74) is 33.0. The van der Waals surface area contributed by atoms with Crippen LogP contribution in [0.3, 0.4) is 0 Å². The minimum absolute atomic E-state index is 0.581. The van der Waals surface area contributed by atoms with Crippen LogP contribution in [-0.2, 0) is 10.8 Å². The Bertz CT molecular complexity index is 5440. The predicted molar refractivity (Wildman–Crippen MR) is 385 cm³/mol. The highest BCUT2D eigenvalue weighted by Crippen LogP contribution is 2.68. The van der Waals surface area contributed by atoms with E-state index in [0.717, 1.165) is 39.2 Å². The lowest BCUT2D eigenvalue weighted by atomic mass is 9.52. The molecule has 0 heterocycles. The molecule has 430 valence electrons. The smallest absolute Gasteiger partial charge is 0.0720 e.